The first kappa shape index (κ1) is 15.8. The monoisotopic (exact) mass is 330 g/mol. The van der Waals surface area contributed by atoms with Crippen molar-refractivity contribution >= 4 is 39.0 Å². The summed E-state index contributed by atoms with van der Waals surface area (Å²) in [6, 6.07) is 6.47. The molecule has 0 aromatic heterocycles. The van der Waals surface area contributed by atoms with E-state index < -0.39 is 10.0 Å². The lowest BCUT2D eigenvalue weighted by molar-refractivity contribution is 0.416. The number of thiocarbonyl (C=S) groups is 1. The molecule has 0 aliphatic carbocycles. The van der Waals surface area contributed by atoms with Crippen LogP contribution in [0.5, 0.6) is 0 Å². The number of rotatable bonds is 4. The van der Waals surface area contributed by atoms with Gasteiger partial charge in [-0.25, -0.2) is 8.42 Å². The molecule has 1 atom stereocenters. The Morgan fingerprint density at radius 3 is 2.65 bits per heavy atom. The lowest BCUT2D eigenvalue weighted by Crippen LogP contribution is -2.41. The van der Waals surface area contributed by atoms with Gasteiger partial charge in [-0.2, -0.15) is 16.1 Å². The first-order valence-electron chi connectivity index (χ1n) is 6.46. The third-order valence-corrected chi connectivity index (χ3v) is 6.82. The van der Waals surface area contributed by atoms with Gasteiger partial charge in [-0.1, -0.05) is 31.3 Å². The quantitative estimate of drug-likeness (QED) is 0.854. The van der Waals surface area contributed by atoms with Crippen molar-refractivity contribution in [1.82, 2.24) is 4.31 Å². The van der Waals surface area contributed by atoms with Gasteiger partial charge in [0, 0.05) is 29.7 Å². The molecule has 20 heavy (non-hydrogen) atoms. The van der Waals surface area contributed by atoms with Crippen molar-refractivity contribution in [3.63, 3.8) is 0 Å². The summed E-state index contributed by atoms with van der Waals surface area (Å²) >= 11 is 6.72. The highest BCUT2D eigenvalue weighted by Crippen LogP contribution is 2.26. The first-order chi connectivity index (χ1) is 9.45. The molecule has 110 valence electrons. The van der Waals surface area contributed by atoms with E-state index in [4.69, 9.17) is 18.0 Å². The summed E-state index contributed by atoms with van der Waals surface area (Å²) < 4.78 is 26.7. The summed E-state index contributed by atoms with van der Waals surface area (Å²) in [7, 11) is -3.41. The van der Waals surface area contributed by atoms with Gasteiger partial charge in [0.05, 0.1) is 4.90 Å². The number of hydrogen-bond donors (Lipinski definition) is 1. The largest absolute Gasteiger partial charge is 0.389 e. The Labute approximate surface area is 129 Å². The van der Waals surface area contributed by atoms with Crippen molar-refractivity contribution in [2.45, 2.75) is 23.5 Å². The number of thioether (sulfide) groups is 1. The van der Waals surface area contributed by atoms with E-state index >= 15 is 0 Å². The van der Waals surface area contributed by atoms with Crippen LogP contribution in [-0.2, 0) is 10.0 Å². The van der Waals surface area contributed by atoms with E-state index in [0.29, 0.717) is 28.8 Å². The van der Waals surface area contributed by atoms with Crippen LogP contribution < -0.4 is 5.73 Å². The second-order valence-electron chi connectivity index (χ2n) is 4.65. The maximum atomic E-state index is 12.6. The van der Waals surface area contributed by atoms with Gasteiger partial charge in [-0.05, 0) is 18.6 Å². The van der Waals surface area contributed by atoms with Crippen molar-refractivity contribution in [3.8, 4) is 0 Å². The van der Waals surface area contributed by atoms with E-state index in [-0.39, 0.29) is 4.99 Å². The molecule has 0 spiro atoms. The number of hydrogen-bond acceptors (Lipinski definition) is 4. The van der Waals surface area contributed by atoms with E-state index in [2.05, 4.69) is 6.92 Å². The van der Waals surface area contributed by atoms with Gasteiger partial charge in [0.1, 0.15) is 4.99 Å². The van der Waals surface area contributed by atoms with E-state index in [1.165, 1.54) is 0 Å². The van der Waals surface area contributed by atoms with Crippen molar-refractivity contribution in [2.24, 2.45) is 5.73 Å². The molecule has 1 aromatic rings. The maximum absolute atomic E-state index is 12.6. The molecule has 1 aliphatic heterocycles. The van der Waals surface area contributed by atoms with Gasteiger partial charge < -0.3 is 5.73 Å². The Balaban J connectivity index is 2.23. The highest BCUT2D eigenvalue weighted by atomic mass is 32.2. The molecule has 4 nitrogen and oxygen atoms in total. The zero-order chi connectivity index (χ0) is 14.8. The normalized spacial score (nSPS) is 20.8. The number of nitrogens with zero attached hydrogens (tertiary/aromatic N) is 1. The van der Waals surface area contributed by atoms with Crippen LogP contribution >= 0.6 is 24.0 Å². The van der Waals surface area contributed by atoms with E-state index in [9.17, 15) is 8.42 Å². The average Bonchev–Trinajstić information content (AvgIpc) is 2.47. The molecule has 2 N–H and O–H groups in total. The van der Waals surface area contributed by atoms with Gasteiger partial charge in [0.2, 0.25) is 10.0 Å². The molecule has 1 saturated heterocycles. The summed E-state index contributed by atoms with van der Waals surface area (Å²) in [6.45, 7) is 3.24. The smallest absolute Gasteiger partial charge is 0.243 e. The summed E-state index contributed by atoms with van der Waals surface area (Å²) in [5.41, 5.74) is 6.20. The molecule has 1 unspecified atom stereocenters. The zero-order valence-electron chi connectivity index (χ0n) is 11.3. The van der Waals surface area contributed by atoms with Crippen LogP contribution in [0.25, 0.3) is 0 Å². The van der Waals surface area contributed by atoms with E-state index in [1.807, 2.05) is 11.8 Å². The standard InChI is InChI=1S/C13H18N2O2S3/c1-2-11-9-15(7-8-19-11)20(16,17)12-5-3-10(4-6-12)13(14)18/h3-6,11H,2,7-9H2,1H3,(H2,14,18). The van der Waals surface area contributed by atoms with Gasteiger partial charge in [-0.15, -0.1) is 0 Å². The Morgan fingerprint density at radius 2 is 2.10 bits per heavy atom. The zero-order valence-corrected chi connectivity index (χ0v) is 13.7. The van der Waals surface area contributed by atoms with Crippen LogP contribution in [0, 0.1) is 0 Å². The SMILES string of the molecule is CCC1CN(S(=O)(=O)c2ccc(C(N)=S)cc2)CCS1. The molecule has 1 heterocycles. The second-order valence-corrected chi connectivity index (χ2v) is 8.44. The highest BCUT2D eigenvalue weighted by molar-refractivity contribution is 8.00. The van der Waals surface area contributed by atoms with Crippen molar-refractivity contribution < 1.29 is 8.42 Å². The van der Waals surface area contributed by atoms with Crippen LogP contribution in [-0.4, -0.2) is 41.8 Å². The summed E-state index contributed by atoms with van der Waals surface area (Å²) in [5, 5.41) is 0.384. The van der Waals surface area contributed by atoms with Crippen LogP contribution in [0.2, 0.25) is 0 Å². The number of sulfonamides is 1. The third-order valence-electron chi connectivity index (χ3n) is 3.33. The van der Waals surface area contributed by atoms with Gasteiger partial charge in [0.15, 0.2) is 0 Å². The molecule has 0 amide bonds. The molecule has 1 aliphatic rings. The van der Waals surface area contributed by atoms with E-state index in [0.717, 1.165) is 12.2 Å². The highest BCUT2D eigenvalue weighted by Gasteiger charge is 2.29. The minimum atomic E-state index is -3.41. The predicted molar refractivity (Wildman–Crippen MR) is 87.6 cm³/mol. The van der Waals surface area contributed by atoms with Crippen LogP contribution in [0.15, 0.2) is 29.2 Å². The third kappa shape index (κ3) is 3.33. The minimum Gasteiger partial charge on any atom is -0.389 e. The van der Waals surface area contributed by atoms with Crippen LogP contribution in [0.1, 0.15) is 18.9 Å². The average molecular weight is 331 g/mol. The topological polar surface area (TPSA) is 63.4 Å². The summed E-state index contributed by atoms with van der Waals surface area (Å²) in [5.74, 6) is 0.850. The Kier molecular flexibility index (Phi) is 5.06. The molecule has 0 radical (unpaired) electrons. The number of nitrogens with two attached hydrogens (primary N) is 1. The minimum absolute atomic E-state index is 0.273. The van der Waals surface area contributed by atoms with Gasteiger partial charge >= 0.3 is 0 Å². The fourth-order valence-electron chi connectivity index (χ4n) is 2.10. The Hall–Kier alpha value is -0.630. The number of benzene rings is 1. The van der Waals surface area contributed by atoms with E-state index in [1.54, 1.807) is 28.6 Å². The molecule has 2 rings (SSSR count). The van der Waals surface area contributed by atoms with Gasteiger partial charge in [0.25, 0.3) is 0 Å². The lowest BCUT2D eigenvalue weighted by Gasteiger charge is -2.31. The van der Waals surface area contributed by atoms with Crippen molar-refractivity contribution in [1.29, 1.82) is 0 Å². The van der Waals surface area contributed by atoms with Gasteiger partial charge in [-0.3, -0.25) is 0 Å². The molecular formula is C13H18N2O2S3. The second kappa shape index (κ2) is 6.43. The molecule has 0 saturated carbocycles. The van der Waals surface area contributed by atoms with Crippen LogP contribution in [0.3, 0.4) is 0 Å². The molecule has 1 fully saturated rings. The van der Waals surface area contributed by atoms with Crippen molar-refractivity contribution in [2.75, 3.05) is 18.8 Å². The summed E-state index contributed by atoms with van der Waals surface area (Å²) in [6.07, 6.45) is 0.983. The molecule has 0 bridgehead atoms. The summed E-state index contributed by atoms with van der Waals surface area (Å²) in [4.78, 5) is 0.577. The van der Waals surface area contributed by atoms with Crippen molar-refractivity contribution in [3.05, 3.63) is 29.8 Å². The predicted octanol–water partition coefficient (Wildman–Crippen LogP) is 1.84. The fourth-order valence-corrected chi connectivity index (χ4v) is 5.11. The lowest BCUT2D eigenvalue weighted by atomic mass is 10.2. The van der Waals surface area contributed by atoms with Crippen LogP contribution in [0.4, 0.5) is 0 Å². The fraction of sp³-hybridized carbons (Fsp3) is 0.462. The molecule has 7 heteroatoms. The first-order valence-corrected chi connectivity index (χ1v) is 9.36. The molecular weight excluding hydrogens is 312 g/mol. The Bertz CT molecular complexity index is 584. The molecule has 1 aromatic carbocycles. The maximum Gasteiger partial charge on any atom is 0.243 e. The Morgan fingerprint density at radius 1 is 1.45 bits per heavy atom.